The minimum atomic E-state index is 0.600. The molecule has 5 nitrogen and oxygen atoms in total. The van der Waals surface area contributed by atoms with E-state index < -0.39 is 0 Å². The van der Waals surface area contributed by atoms with Crippen molar-refractivity contribution < 1.29 is 0 Å². The molecule has 0 saturated heterocycles. The van der Waals surface area contributed by atoms with Gasteiger partial charge in [0.1, 0.15) is 0 Å². The zero-order valence-corrected chi connectivity index (χ0v) is 12.2. The molecular formula is C15H14ClN5. The summed E-state index contributed by atoms with van der Waals surface area (Å²) >= 11 is 6.27. The molecule has 0 aliphatic rings. The molecule has 21 heavy (non-hydrogen) atoms. The maximum atomic E-state index is 6.27. The number of nitrogens with one attached hydrogen (secondary N) is 2. The van der Waals surface area contributed by atoms with E-state index in [4.69, 9.17) is 11.6 Å². The Kier molecular flexibility index (Phi) is 3.83. The molecule has 0 spiro atoms. The SMILES string of the molecule is Cc1cccc(Cl)c1Nc1ccccc1Cc1nn[nH]n1. The fourth-order valence-corrected chi connectivity index (χ4v) is 2.42. The summed E-state index contributed by atoms with van der Waals surface area (Å²) in [6, 6.07) is 13.8. The number of H-pyrrole nitrogens is 1. The zero-order chi connectivity index (χ0) is 14.7. The molecule has 0 fully saturated rings. The van der Waals surface area contributed by atoms with E-state index in [0.29, 0.717) is 17.3 Å². The summed E-state index contributed by atoms with van der Waals surface area (Å²) in [6.45, 7) is 2.02. The van der Waals surface area contributed by atoms with E-state index in [1.54, 1.807) is 0 Å². The molecule has 0 amide bonds. The van der Waals surface area contributed by atoms with Crippen molar-refractivity contribution in [2.45, 2.75) is 13.3 Å². The van der Waals surface area contributed by atoms with Crippen molar-refractivity contribution in [3.63, 3.8) is 0 Å². The number of hydrogen-bond donors (Lipinski definition) is 2. The summed E-state index contributed by atoms with van der Waals surface area (Å²) in [5.74, 6) is 0.653. The smallest absolute Gasteiger partial charge is 0.178 e. The molecule has 106 valence electrons. The number of benzene rings is 2. The van der Waals surface area contributed by atoms with Gasteiger partial charge in [0.25, 0.3) is 0 Å². The summed E-state index contributed by atoms with van der Waals surface area (Å²) in [5, 5.41) is 18.1. The van der Waals surface area contributed by atoms with E-state index in [2.05, 4.69) is 25.9 Å². The van der Waals surface area contributed by atoms with Gasteiger partial charge in [-0.15, -0.1) is 10.2 Å². The normalized spacial score (nSPS) is 10.6. The molecule has 0 atom stereocenters. The van der Waals surface area contributed by atoms with E-state index in [1.807, 2.05) is 49.4 Å². The van der Waals surface area contributed by atoms with Crippen LogP contribution < -0.4 is 5.32 Å². The monoisotopic (exact) mass is 299 g/mol. The Morgan fingerprint density at radius 3 is 2.76 bits per heavy atom. The predicted molar refractivity (Wildman–Crippen MR) is 82.9 cm³/mol. The predicted octanol–water partition coefficient (Wildman–Crippen LogP) is 3.50. The number of aryl methyl sites for hydroxylation is 1. The molecule has 2 aromatic carbocycles. The maximum absolute atomic E-state index is 6.27. The van der Waals surface area contributed by atoms with Crippen molar-refractivity contribution in [3.8, 4) is 0 Å². The Bertz CT molecular complexity index is 719. The fraction of sp³-hybridized carbons (Fsp3) is 0.133. The number of para-hydroxylation sites is 2. The zero-order valence-electron chi connectivity index (χ0n) is 11.5. The fourth-order valence-electron chi connectivity index (χ4n) is 2.15. The second-order valence-corrected chi connectivity index (χ2v) is 5.13. The third-order valence-electron chi connectivity index (χ3n) is 3.24. The van der Waals surface area contributed by atoms with Crippen LogP contribution in [0.4, 0.5) is 11.4 Å². The lowest BCUT2D eigenvalue weighted by molar-refractivity contribution is 0.881. The lowest BCUT2D eigenvalue weighted by Crippen LogP contribution is -2.00. The van der Waals surface area contributed by atoms with Gasteiger partial charge in [-0.1, -0.05) is 47.1 Å². The number of aromatic amines is 1. The van der Waals surface area contributed by atoms with Crippen LogP contribution in [0.25, 0.3) is 0 Å². The van der Waals surface area contributed by atoms with Gasteiger partial charge in [0, 0.05) is 12.1 Å². The van der Waals surface area contributed by atoms with Crippen LogP contribution >= 0.6 is 11.6 Å². The molecule has 0 unspecified atom stereocenters. The van der Waals surface area contributed by atoms with Crippen LogP contribution in [0.5, 0.6) is 0 Å². The Hall–Kier alpha value is -2.40. The summed E-state index contributed by atoms with van der Waals surface area (Å²) < 4.78 is 0. The lowest BCUT2D eigenvalue weighted by atomic mass is 10.1. The molecule has 0 aliphatic carbocycles. The maximum Gasteiger partial charge on any atom is 0.178 e. The van der Waals surface area contributed by atoms with Crippen molar-refractivity contribution in [2.24, 2.45) is 0 Å². The van der Waals surface area contributed by atoms with E-state index in [9.17, 15) is 0 Å². The Labute approximate surface area is 127 Å². The summed E-state index contributed by atoms with van der Waals surface area (Å²) in [6.07, 6.45) is 0.600. The molecule has 0 saturated carbocycles. The van der Waals surface area contributed by atoms with Crippen molar-refractivity contribution in [1.82, 2.24) is 20.6 Å². The van der Waals surface area contributed by atoms with Crippen molar-refractivity contribution in [1.29, 1.82) is 0 Å². The highest BCUT2D eigenvalue weighted by Gasteiger charge is 2.09. The third-order valence-corrected chi connectivity index (χ3v) is 3.55. The van der Waals surface area contributed by atoms with Crippen LogP contribution in [-0.2, 0) is 6.42 Å². The quantitative estimate of drug-likeness (QED) is 0.774. The molecule has 1 heterocycles. The number of nitrogens with zero attached hydrogens (tertiary/aromatic N) is 3. The first-order valence-corrected chi connectivity index (χ1v) is 6.94. The largest absolute Gasteiger partial charge is 0.354 e. The number of hydrogen-bond acceptors (Lipinski definition) is 4. The molecule has 0 aliphatic heterocycles. The molecule has 1 aromatic heterocycles. The molecular weight excluding hydrogens is 286 g/mol. The summed E-state index contributed by atoms with van der Waals surface area (Å²) in [7, 11) is 0. The molecule has 3 aromatic rings. The number of anilines is 2. The van der Waals surface area contributed by atoms with Crippen LogP contribution in [0.3, 0.4) is 0 Å². The number of rotatable bonds is 4. The highest BCUT2D eigenvalue weighted by atomic mass is 35.5. The lowest BCUT2D eigenvalue weighted by Gasteiger charge is -2.14. The van der Waals surface area contributed by atoms with Crippen molar-refractivity contribution >= 4 is 23.0 Å². The molecule has 3 rings (SSSR count). The van der Waals surface area contributed by atoms with Gasteiger partial charge in [0.2, 0.25) is 0 Å². The van der Waals surface area contributed by atoms with E-state index in [1.165, 1.54) is 0 Å². The van der Waals surface area contributed by atoms with Crippen LogP contribution in [0.15, 0.2) is 42.5 Å². The number of aromatic nitrogens is 4. The van der Waals surface area contributed by atoms with Crippen molar-refractivity contribution in [3.05, 3.63) is 64.4 Å². The first-order valence-electron chi connectivity index (χ1n) is 6.56. The summed E-state index contributed by atoms with van der Waals surface area (Å²) in [5.41, 5.74) is 4.08. The van der Waals surface area contributed by atoms with Gasteiger partial charge in [0.05, 0.1) is 10.7 Å². The average Bonchev–Trinajstić information content (AvgIpc) is 2.98. The highest BCUT2D eigenvalue weighted by molar-refractivity contribution is 6.33. The van der Waals surface area contributed by atoms with Crippen LogP contribution in [-0.4, -0.2) is 20.6 Å². The Morgan fingerprint density at radius 1 is 1.14 bits per heavy atom. The molecule has 6 heteroatoms. The van der Waals surface area contributed by atoms with Crippen LogP contribution in [0.1, 0.15) is 17.0 Å². The topological polar surface area (TPSA) is 66.5 Å². The first kappa shape index (κ1) is 13.6. The van der Waals surface area contributed by atoms with E-state index >= 15 is 0 Å². The average molecular weight is 300 g/mol. The number of tetrazole rings is 1. The summed E-state index contributed by atoms with van der Waals surface area (Å²) in [4.78, 5) is 0. The van der Waals surface area contributed by atoms with Crippen LogP contribution in [0.2, 0.25) is 5.02 Å². The molecule has 0 radical (unpaired) electrons. The van der Waals surface area contributed by atoms with Gasteiger partial charge in [0.15, 0.2) is 5.82 Å². The van der Waals surface area contributed by atoms with Gasteiger partial charge in [-0.25, -0.2) is 0 Å². The minimum Gasteiger partial charge on any atom is -0.354 e. The second-order valence-electron chi connectivity index (χ2n) is 4.72. The van der Waals surface area contributed by atoms with Gasteiger partial charge in [-0.2, -0.15) is 5.21 Å². The van der Waals surface area contributed by atoms with E-state index in [0.717, 1.165) is 22.5 Å². The van der Waals surface area contributed by atoms with Crippen molar-refractivity contribution in [2.75, 3.05) is 5.32 Å². The van der Waals surface area contributed by atoms with Gasteiger partial charge >= 0.3 is 0 Å². The van der Waals surface area contributed by atoms with Gasteiger partial charge in [-0.3, -0.25) is 0 Å². The van der Waals surface area contributed by atoms with Crippen LogP contribution in [0, 0.1) is 6.92 Å². The van der Waals surface area contributed by atoms with Gasteiger partial charge < -0.3 is 5.32 Å². The first-order chi connectivity index (χ1) is 10.2. The third kappa shape index (κ3) is 3.03. The molecule has 2 N–H and O–H groups in total. The highest BCUT2D eigenvalue weighted by Crippen LogP contribution is 2.30. The molecule has 0 bridgehead atoms. The number of halogens is 1. The Morgan fingerprint density at radius 2 is 2.00 bits per heavy atom. The van der Waals surface area contributed by atoms with E-state index in [-0.39, 0.29) is 0 Å². The Balaban J connectivity index is 1.92. The second kappa shape index (κ2) is 5.93. The minimum absolute atomic E-state index is 0.600. The standard InChI is InChI=1S/C15H14ClN5/c1-10-5-4-7-12(16)15(10)17-13-8-3-2-6-11(13)9-14-18-20-21-19-14/h2-8,17H,9H2,1H3,(H,18,19,20,21). The van der Waals surface area contributed by atoms with Gasteiger partial charge in [-0.05, 0) is 30.2 Å².